The lowest BCUT2D eigenvalue weighted by atomic mass is 10.0. The molecule has 2 aromatic rings. The number of halogens is 1. The van der Waals surface area contributed by atoms with E-state index in [9.17, 15) is 14.4 Å². The van der Waals surface area contributed by atoms with Crippen LogP contribution in [0.3, 0.4) is 0 Å². The van der Waals surface area contributed by atoms with Crippen LogP contribution in [0.1, 0.15) is 46.5 Å². The molecule has 0 saturated carbocycles. The maximum absolute atomic E-state index is 13.0. The van der Waals surface area contributed by atoms with Crippen molar-refractivity contribution in [1.82, 2.24) is 4.90 Å². The molecular formula is C21H21ClN2O3. The predicted octanol–water partition coefficient (Wildman–Crippen LogP) is 4.30. The van der Waals surface area contributed by atoms with Crippen molar-refractivity contribution < 1.29 is 14.4 Å². The molecule has 3 amide bonds. The summed E-state index contributed by atoms with van der Waals surface area (Å²) in [5, 5.41) is 3.42. The van der Waals surface area contributed by atoms with E-state index in [1.54, 1.807) is 42.5 Å². The molecule has 1 atom stereocenters. The van der Waals surface area contributed by atoms with Gasteiger partial charge in [-0.15, -0.1) is 0 Å². The number of nitrogens with one attached hydrogen (secondary N) is 1. The van der Waals surface area contributed by atoms with Gasteiger partial charge in [-0.25, -0.2) is 0 Å². The standard InChI is InChI=1S/C21H21ClN2O3/c1-12(2)10-18(19(25)23-17-9-8-14(22)11-13(17)3)24-20(26)15-6-4-5-7-16(15)21(24)27/h4-9,11-12,18H,10H2,1-3H3,(H,23,25)/t18-/m1/s1. The normalized spacial score (nSPS) is 14.5. The lowest BCUT2D eigenvalue weighted by molar-refractivity contribution is -0.120. The quantitative estimate of drug-likeness (QED) is 0.781. The van der Waals surface area contributed by atoms with Crippen molar-refractivity contribution in [3.8, 4) is 0 Å². The van der Waals surface area contributed by atoms with Crippen molar-refractivity contribution in [2.24, 2.45) is 5.92 Å². The van der Waals surface area contributed by atoms with Gasteiger partial charge in [-0.3, -0.25) is 19.3 Å². The fourth-order valence-electron chi connectivity index (χ4n) is 3.25. The Bertz CT molecular complexity index is 888. The molecular weight excluding hydrogens is 364 g/mol. The monoisotopic (exact) mass is 384 g/mol. The highest BCUT2D eigenvalue weighted by Gasteiger charge is 2.42. The zero-order valence-corrected chi connectivity index (χ0v) is 16.2. The smallest absolute Gasteiger partial charge is 0.262 e. The molecule has 1 aliphatic rings. The number of nitrogens with zero attached hydrogens (tertiary/aromatic N) is 1. The molecule has 0 spiro atoms. The summed E-state index contributed by atoms with van der Waals surface area (Å²) in [5.74, 6) is -1.12. The van der Waals surface area contributed by atoms with E-state index in [4.69, 9.17) is 11.6 Å². The van der Waals surface area contributed by atoms with E-state index in [-0.39, 0.29) is 11.8 Å². The van der Waals surface area contributed by atoms with Gasteiger partial charge >= 0.3 is 0 Å². The van der Waals surface area contributed by atoms with Gasteiger partial charge in [0.2, 0.25) is 5.91 Å². The van der Waals surface area contributed by atoms with Gasteiger partial charge in [-0.1, -0.05) is 37.6 Å². The molecule has 1 N–H and O–H groups in total. The number of anilines is 1. The van der Waals surface area contributed by atoms with E-state index >= 15 is 0 Å². The summed E-state index contributed by atoms with van der Waals surface area (Å²) in [7, 11) is 0. The molecule has 27 heavy (non-hydrogen) atoms. The largest absolute Gasteiger partial charge is 0.324 e. The number of amides is 3. The molecule has 140 valence electrons. The van der Waals surface area contributed by atoms with Crippen LogP contribution in [0.15, 0.2) is 42.5 Å². The van der Waals surface area contributed by atoms with E-state index in [0.29, 0.717) is 28.3 Å². The molecule has 5 nitrogen and oxygen atoms in total. The van der Waals surface area contributed by atoms with Crippen molar-refractivity contribution >= 4 is 35.0 Å². The van der Waals surface area contributed by atoms with E-state index in [2.05, 4.69) is 5.32 Å². The van der Waals surface area contributed by atoms with Crippen LogP contribution in [0.4, 0.5) is 5.69 Å². The number of imide groups is 1. The van der Waals surface area contributed by atoms with E-state index in [1.165, 1.54) is 0 Å². The second kappa shape index (κ2) is 7.53. The Morgan fingerprint density at radius 2 is 1.67 bits per heavy atom. The molecule has 1 aliphatic heterocycles. The Morgan fingerprint density at radius 3 is 2.19 bits per heavy atom. The number of carbonyl (C=O) groups excluding carboxylic acids is 3. The fraction of sp³-hybridized carbons (Fsp3) is 0.286. The van der Waals surface area contributed by atoms with Gasteiger partial charge < -0.3 is 5.32 Å². The van der Waals surface area contributed by atoms with E-state index in [0.717, 1.165) is 10.5 Å². The van der Waals surface area contributed by atoms with E-state index in [1.807, 2.05) is 20.8 Å². The zero-order valence-electron chi connectivity index (χ0n) is 15.5. The third-order valence-electron chi connectivity index (χ3n) is 4.58. The highest BCUT2D eigenvalue weighted by atomic mass is 35.5. The van der Waals surface area contributed by atoms with Gasteiger partial charge in [0.15, 0.2) is 0 Å². The second-order valence-corrected chi connectivity index (χ2v) is 7.56. The molecule has 0 aromatic heterocycles. The van der Waals surface area contributed by atoms with Gasteiger partial charge in [-0.05, 0) is 55.2 Å². The Morgan fingerprint density at radius 1 is 1.07 bits per heavy atom. The van der Waals surface area contributed by atoms with Crippen molar-refractivity contribution in [3.63, 3.8) is 0 Å². The Hall–Kier alpha value is -2.66. The second-order valence-electron chi connectivity index (χ2n) is 7.12. The summed E-state index contributed by atoms with van der Waals surface area (Å²) in [6.45, 7) is 5.74. The Labute approximate surface area is 163 Å². The van der Waals surface area contributed by atoms with Gasteiger partial charge in [-0.2, -0.15) is 0 Å². The number of rotatable bonds is 5. The lowest BCUT2D eigenvalue weighted by Crippen LogP contribution is -2.48. The average molecular weight is 385 g/mol. The van der Waals surface area contributed by atoms with Gasteiger partial charge in [0, 0.05) is 10.7 Å². The molecule has 6 heteroatoms. The van der Waals surface area contributed by atoms with Crippen LogP contribution in [-0.2, 0) is 4.79 Å². The van der Waals surface area contributed by atoms with Crippen molar-refractivity contribution in [3.05, 3.63) is 64.2 Å². The molecule has 0 radical (unpaired) electrons. The first-order valence-electron chi connectivity index (χ1n) is 8.83. The minimum atomic E-state index is -0.882. The lowest BCUT2D eigenvalue weighted by Gasteiger charge is -2.27. The number of fused-ring (bicyclic) bond motifs is 1. The highest BCUT2D eigenvalue weighted by molar-refractivity contribution is 6.30. The van der Waals surface area contributed by atoms with Crippen LogP contribution in [-0.4, -0.2) is 28.7 Å². The summed E-state index contributed by atoms with van der Waals surface area (Å²) in [5.41, 5.74) is 2.09. The third-order valence-corrected chi connectivity index (χ3v) is 4.82. The number of benzene rings is 2. The maximum Gasteiger partial charge on any atom is 0.262 e. The summed E-state index contributed by atoms with van der Waals surface area (Å²) >= 11 is 5.97. The third kappa shape index (κ3) is 3.74. The molecule has 3 rings (SSSR count). The molecule has 0 unspecified atom stereocenters. The molecule has 2 aromatic carbocycles. The summed E-state index contributed by atoms with van der Waals surface area (Å²) in [6, 6.07) is 10.9. The number of hydrogen-bond donors (Lipinski definition) is 1. The van der Waals surface area contributed by atoms with E-state index < -0.39 is 17.9 Å². The minimum Gasteiger partial charge on any atom is -0.324 e. The molecule has 0 fully saturated rings. The summed E-state index contributed by atoms with van der Waals surface area (Å²) in [4.78, 5) is 39.7. The van der Waals surface area contributed by atoms with Crippen LogP contribution in [0, 0.1) is 12.8 Å². The van der Waals surface area contributed by atoms with Gasteiger partial charge in [0.1, 0.15) is 6.04 Å². The van der Waals surface area contributed by atoms with Crippen LogP contribution in [0.5, 0.6) is 0 Å². The zero-order chi connectivity index (χ0) is 19.7. The molecule has 0 aliphatic carbocycles. The van der Waals surface area contributed by atoms with Gasteiger partial charge in [0.05, 0.1) is 11.1 Å². The fourth-order valence-corrected chi connectivity index (χ4v) is 3.48. The highest BCUT2D eigenvalue weighted by Crippen LogP contribution is 2.28. The summed E-state index contributed by atoms with van der Waals surface area (Å²) < 4.78 is 0. The first-order valence-corrected chi connectivity index (χ1v) is 9.21. The van der Waals surface area contributed by atoms with Crippen LogP contribution < -0.4 is 5.32 Å². The van der Waals surface area contributed by atoms with Crippen molar-refractivity contribution in [2.45, 2.75) is 33.2 Å². The van der Waals surface area contributed by atoms with Crippen molar-refractivity contribution in [2.75, 3.05) is 5.32 Å². The summed E-state index contributed by atoms with van der Waals surface area (Å²) in [6.07, 6.45) is 0.379. The van der Waals surface area contributed by atoms with Crippen LogP contribution in [0.2, 0.25) is 5.02 Å². The minimum absolute atomic E-state index is 0.122. The first-order chi connectivity index (χ1) is 12.8. The maximum atomic E-state index is 13.0. The Balaban J connectivity index is 1.91. The molecule has 0 saturated heterocycles. The van der Waals surface area contributed by atoms with Crippen molar-refractivity contribution in [1.29, 1.82) is 0 Å². The molecule has 1 heterocycles. The number of carbonyl (C=O) groups is 3. The number of aryl methyl sites for hydroxylation is 1. The van der Waals surface area contributed by atoms with Crippen LogP contribution >= 0.6 is 11.6 Å². The Kier molecular flexibility index (Phi) is 5.33. The first kappa shape index (κ1) is 19.1. The molecule has 0 bridgehead atoms. The topological polar surface area (TPSA) is 66.5 Å². The van der Waals surface area contributed by atoms with Gasteiger partial charge in [0.25, 0.3) is 11.8 Å². The SMILES string of the molecule is Cc1cc(Cl)ccc1NC(=O)[C@@H](CC(C)C)N1C(=O)c2ccccc2C1=O. The number of hydrogen-bond acceptors (Lipinski definition) is 3. The average Bonchev–Trinajstić information content (AvgIpc) is 2.86. The van der Waals surface area contributed by atoms with Crippen LogP contribution in [0.25, 0.3) is 0 Å². The predicted molar refractivity (Wildman–Crippen MR) is 105 cm³/mol.